The van der Waals surface area contributed by atoms with Gasteiger partial charge in [-0.05, 0) is 69.0 Å². The average molecular weight is 407 g/mol. The van der Waals surface area contributed by atoms with Gasteiger partial charge in [-0.2, -0.15) is 0 Å². The van der Waals surface area contributed by atoms with Gasteiger partial charge < -0.3 is 9.30 Å². The lowest BCUT2D eigenvalue weighted by atomic mass is 10.1. The molecule has 1 aromatic heterocycles. The molecule has 7 heteroatoms. The minimum Gasteiger partial charge on any atom is -0.376 e. The van der Waals surface area contributed by atoms with Crippen LogP contribution in [0.4, 0.5) is 10.5 Å². The Morgan fingerprint density at radius 3 is 2.67 bits per heavy atom. The van der Waals surface area contributed by atoms with E-state index < -0.39 is 17.8 Å². The summed E-state index contributed by atoms with van der Waals surface area (Å²) in [5.74, 6) is -1.31. The maximum absolute atomic E-state index is 13.1. The van der Waals surface area contributed by atoms with Gasteiger partial charge in [0.05, 0.1) is 11.8 Å². The number of carbonyl (C=O) groups excluding carboxylic acids is 3. The number of nitrogens with one attached hydrogen (secondary N) is 1. The molecule has 2 aliphatic heterocycles. The van der Waals surface area contributed by atoms with E-state index in [0.717, 1.165) is 53.4 Å². The Labute approximate surface area is 175 Å². The first-order valence-corrected chi connectivity index (χ1v) is 10.1. The zero-order valence-electron chi connectivity index (χ0n) is 17.4. The molecule has 0 aliphatic carbocycles. The highest BCUT2D eigenvalue weighted by molar-refractivity contribution is 6.39. The van der Waals surface area contributed by atoms with Gasteiger partial charge in [0.1, 0.15) is 5.57 Å². The van der Waals surface area contributed by atoms with E-state index in [2.05, 4.69) is 9.88 Å². The zero-order valence-corrected chi connectivity index (χ0v) is 17.4. The number of ether oxygens (including phenoxy) is 1. The summed E-state index contributed by atoms with van der Waals surface area (Å²) in [5, 5.41) is 2.28. The summed E-state index contributed by atoms with van der Waals surface area (Å²) >= 11 is 0. The molecule has 7 nitrogen and oxygen atoms in total. The Kier molecular flexibility index (Phi) is 5.30. The normalized spacial score (nSPS) is 20.9. The molecular formula is C23H25N3O4. The van der Waals surface area contributed by atoms with E-state index in [4.69, 9.17) is 4.74 Å². The van der Waals surface area contributed by atoms with Crippen molar-refractivity contribution in [2.45, 2.75) is 46.3 Å². The number of imide groups is 2. The number of hydrogen-bond donors (Lipinski definition) is 1. The van der Waals surface area contributed by atoms with Crippen molar-refractivity contribution in [1.82, 2.24) is 9.88 Å². The average Bonchev–Trinajstić information content (AvgIpc) is 3.29. The Hall–Kier alpha value is -3.19. The van der Waals surface area contributed by atoms with Crippen LogP contribution in [-0.2, 0) is 20.9 Å². The summed E-state index contributed by atoms with van der Waals surface area (Å²) in [6.45, 7) is 7.37. The predicted octanol–water partition coefficient (Wildman–Crippen LogP) is 3.26. The van der Waals surface area contributed by atoms with Crippen LogP contribution in [0.15, 0.2) is 35.9 Å². The van der Waals surface area contributed by atoms with Crippen LogP contribution < -0.4 is 10.2 Å². The fourth-order valence-corrected chi connectivity index (χ4v) is 4.06. The van der Waals surface area contributed by atoms with Gasteiger partial charge in [0, 0.05) is 24.5 Å². The molecule has 0 bridgehead atoms. The molecule has 4 amide bonds. The van der Waals surface area contributed by atoms with Crippen LogP contribution >= 0.6 is 0 Å². The van der Waals surface area contributed by atoms with Crippen molar-refractivity contribution in [3.05, 3.63) is 58.4 Å². The molecule has 1 atom stereocenters. The molecule has 2 fully saturated rings. The third-order valence-electron chi connectivity index (χ3n) is 5.68. The van der Waals surface area contributed by atoms with E-state index in [1.165, 1.54) is 0 Å². The lowest BCUT2D eigenvalue weighted by Crippen LogP contribution is -2.54. The van der Waals surface area contributed by atoms with Crippen molar-refractivity contribution in [2.24, 2.45) is 0 Å². The highest BCUT2D eigenvalue weighted by Crippen LogP contribution is 2.25. The number of benzene rings is 1. The van der Waals surface area contributed by atoms with Gasteiger partial charge in [-0.25, -0.2) is 9.69 Å². The molecule has 0 saturated carbocycles. The summed E-state index contributed by atoms with van der Waals surface area (Å²) in [5.41, 5.74) is 4.05. The standard InChI is InChI=1S/C23H25N3O4/c1-14-6-4-7-18(10-14)26-22(28)20(21(27)24-23(26)29)12-17-11-15(2)25(16(17)3)13-19-8-5-9-30-19/h4,6-7,10-12,19H,5,8-9,13H2,1-3H3,(H,24,27,29)/b20-12+/t19-/m0/s1. The molecule has 3 heterocycles. The van der Waals surface area contributed by atoms with Crippen LogP contribution in [0, 0.1) is 20.8 Å². The molecule has 1 N–H and O–H groups in total. The number of rotatable bonds is 4. The Bertz CT molecular complexity index is 1060. The predicted molar refractivity (Wildman–Crippen MR) is 113 cm³/mol. The van der Waals surface area contributed by atoms with Gasteiger partial charge in [0.2, 0.25) is 0 Å². The lowest BCUT2D eigenvalue weighted by molar-refractivity contribution is -0.122. The van der Waals surface area contributed by atoms with E-state index in [1.54, 1.807) is 24.3 Å². The van der Waals surface area contributed by atoms with Crippen molar-refractivity contribution in [1.29, 1.82) is 0 Å². The van der Waals surface area contributed by atoms with Gasteiger partial charge in [-0.3, -0.25) is 14.9 Å². The molecule has 2 aliphatic rings. The highest BCUT2D eigenvalue weighted by atomic mass is 16.5. The molecule has 4 rings (SSSR count). The Morgan fingerprint density at radius 1 is 1.17 bits per heavy atom. The van der Waals surface area contributed by atoms with E-state index in [0.29, 0.717) is 5.69 Å². The summed E-state index contributed by atoms with van der Waals surface area (Å²) < 4.78 is 7.90. The largest absolute Gasteiger partial charge is 0.376 e. The van der Waals surface area contributed by atoms with E-state index in [9.17, 15) is 14.4 Å². The molecule has 156 valence electrons. The maximum Gasteiger partial charge on any atom is 0.335 e. The first-order chi connectivity index (χ1) is 14.3. The van der Waals surface area contributed by atoms with Crippen LogP contribution in [0.5, 0.6) is 0 Å². The van der Waals surface area contributed by atoms with Gasteiger partial charge in [-0.1, -0.05) is 12.1 Å². The van der Waals surface area contributed by atoms with Crippen molar-refractivity contribution >= 4 is 29.6 Å². The summed E-state index contributed by atoms with van der Waals surface area (Å²) in [7, 11) is 0. The molecule has 30 heavy (non-hydrogen) atoms. The van der Waals surface area contributed by atoms with Gasteiger partial charge in [0.25, 0.3) is 11.8 Å². The third-order valence-corrected chi connectivity index (χ3v) is 5.68. The number of hydrogen-bond acceptors (Lipinski definition) is 4. The number of carbonyl (C=O) groups is 3. The molecule has 0 radical (unpaired) electrons. The Balaban J connectivity index is 1.67. The van der Waals surface area contributed by atoms with Crippen molar-refractivity contribution in [3.8, 4) is 0 Å². The van der Waals surface area contributed by atoms with Crippen molar-refractivity contribution in [2.75, 3.05) is 11.5 Å². The third kappa shape index (κ3) is 3.68. The molecule has 2 aromatic rings. The fourth-order valence-electron chi connectivity index (χ4n) is 4.06. The number of amides is 4. The second-order valence-electron chi connectivity index (χ2n) is 7.87. The molecule has 2 saturated heterocycles. The number of nitrogens with zero attached hydrogens (tertiary/aromatic N) is 2. The molecule has 1 aromatic carbocycles. The monoisotopic (exact) mass is 407 g/mol. The van der Waals surface area contributed by atoms with Crippen LogP contribution in [0.1, 0.15) is 35.4 Å². The minimum absolute atomic E-state index is 0.0616. The summed E-state index contributed by atoms with van der Waals surface area (Å²) in [6, 6.07) is 8.26. The first kappa shape index (κ1) is 20.1. The van der Waals surface area contributed by atoms with Crippen LogP contribution in [0.2, 0.25) is 0 Å². The number of urea groups is 1. The number of aromatic nitrogens is 1. The van der Waals surface area contributed by atoms with Crippen LogP contribution in [0.3, 0.4) is 0 Å². The smallest absolute Gasteiger partial charge is 0.335 e. The van der Waals surface area contributed by atoms with Gasteiger partial charge in [-0.15, -0.1) is 0 Å². The fraction of sp³-hybridized carbons (Fsp3) is 0.348. The summed E-state index contributed by atoms with van der Waals surface area (Å²) in [4.78, 5) is 38.9. The van der Waals surface area contributed by atoms with Crippen LogP contribution in [0.25, 0.3) is 6.08 Å². The van der Waals surface area contributed by atoms with Crippen LogP contribution in [-0.4, -0.2) is 35.1 Å². The number of barbiturate groups is 1. The van der Waals surface area contributed by atoms with E-state index in [1.807, 2.05) is 32.9 Å². The van der Waals surface area contributed by atoms with E-state index >= 15 is 0 Å². The SMILES string of the molecule is Cc1cccc(N2C(=O)NC(=O)/C(=C\c3cc(C)n(C[C@@H]4CCCO4)c3C)C2=O)c1. The number of aryl methyl sites for hydroxylation is 2. The highest BCUT2D eigenvalue weighted by Gasteiger charge is 2.37. The van der Waals surface area contributed by atoms with Crippen molar-refractivity contribution < 1.29 is 19.1 Å². The second kappa shape index (κ2) is 7.91. The molecule has 0 spiro atoms. The van der Waals surface area contributed by atoms with Gasteiger partial charge >= 0.3 is 6.03 Å². The topological polar surface area (TPSA) is 80.6 Å². The van der Waals surface area contributed by atoms with E-state index in [-0.39, 0.29) is 11.7 Å². The molecular weight excluding hydrogens is 382 g/mol. The zero-order chi connectivity index (χ0) is 21.4. The Morgan fingerprint density at radius 2 is 1.97 bits per heavy atom. The second-order valence-corrected chi connectivity index (χ2v) is 7.87. The number of anilines is 1. The maximum atomic E-state index is 13.1. The summed E-state index contributed by atoms with van der Waals surface area (Å²) in [6.07, 6.45) is 3.85. The quantitative estimate of drug-likeness (QED) is 0.623. The van der Waals surface area contributed by atoms with Crippen molar-refractivity contribution in [3.63, 3.8) is 0 Å². The van der Waals surface area contributed by atoms with Gasteiger partial charge in [0.15, 0.2) is 0 Å². The molecule has 0 unspecified atom stereocenters. The first-order valence-electron chi connectivity index (χ1n) is 10.1. The minimum atomic E-state index is -0.739. The lowest BCUT2D eigenvalue weighted by Gasteiger charge is -2.26.